The quantitative estimate of drug-likeness (QED) is 0.716. The fourth-order valence-electron chi connectivity index (χ4n) is 1.37. The molecule has 0 heterocycles. The van der Waals surface area contributed by atoms with Gasteiger partial charge in [-0.1, -0.05) is 39.5 Å². The number of unbranched alkanes of at least 4 members (excludes halogenated alkanes) is 2. The third kappa shape index (κ3) is 15.8. The minimum Gasteiger partial charge on any atom is -0.171 e. The predicted molar refractivity (Wildman–Crippen MR) is 60.6 cm³/mol. The highest BCUT2D eigenvalue weighted by atomic mass is 31.1. The van der Waals surface area contributed by atoms with Crippen molar-refractivity contribution in [1.82, 2.24) is 0 Å². The van der Waals surface area contributed by atoms with Gasteiger partial charge in [-0.05, 0) is 12.8 Å². The average Bonchev–Trinajstić information content (AvgIpc) is 2.15. The molecule has 7 heteroatoms. The summed E-state index contributed by atoms with van der Waals surface area (Å²) in [5, 5.41) is 0. The first-order chi connectivity index (χ1) is 7.75. The SMILES string of the molecule is CCCCC(CCCC)C(F)(F)F.O=[P+](O)O. The first-order valence-corrected chi connectivity index (χ1v) is 6.83. The maximum absolute atomic E-state index is 12.4. The van der Waals surface area contributed by atoms with E-state index in [4.69, 9.17) is 14.4 Å². The molecule has 0 aliphatic heterocycles. The van der Waals surface area contributed by atoms with E-state index in [1.807, 2.05) is 13.8 Å². The molecule has 0 spiro atoms. The lowest BCUT2D eigenvalue weighted by atomic mass is 9.95. The molecule has 3 nitrogen and oxygen atoms in total. The van der Waals surface area contributed by atoms with Gasteiger partial charge in [0.1, 0.15) is 0 Å². The first-order valence-electron chi connectivity index (χ1n) is 5.67. The fraction of sp³-hybridized carbons (Fsp3) is 1.00. The van der Waals surface area contributed by atoms with Gasteiger partial charge in [0, 0.05) is 4.57 Å². The van der Waals surface area contributed by atoms with Crippen molar-refractivity contribution in [2.45, 2.75) is 58.5 Å². The number of alkyl halides is 3. The van der Waals surface area contributed by atoms with Crippen LogP contribution in [0, 0.1) is 5.92 Å². The van der Waals surface area contributed by atoms with Crippen LogP contribution in [0.25, 0.3) is 0 Å². The average molecular weight is 277 g/mol. The molecule has 0 bridgehead atoms. The van der Waals surface area contributed by atoms with Gasteiger partial charge in [0.05, 0.1) is 5.92 Å². The van der Waals surface area contributed by atoms with Crippen molar-refractivity contribution in [2.24, 2.45) is 5.92 Å². The minimum atomic E-state index is -3.98. The summed E-state index contributed by atoms with van der Waals surface area (Å²) < 4.78 is 45.8. The van der Waals surface area contributed by atoms with Gasteiger partial charge in [0.2, 0.25) is 0 Å². The monoisotopic (exact) mass is 277 g/mol. The second-order valence-electron chi connectivity index (χ2n) is 3.78. The van der Waals surface area contributed by atoms with Crippen molar-refractivity contribution < 1.29 is 27.5 Å². The van der Waals surface area contributed by atoms with Crippen LogP contribution in [0.2, 0.25) is 0 Å². The summed E-state index contributed by atoms with van der Waals surface area (Å²) in [7, 11) is -2.87. The van der Waals surface area contributed by atoms with E-state index in [2.05, 4.69) is 0 Å². The van der Waals surface area contributed by atoms with Crippen LogP contribution in [0.15, 0.2) is 0 Å². The summed E-state index contributed by atoms with van der Waals surface area (Å²) in [6.07, 6.45) is -0.302. The van der Waals surface area contributed by atoms with E-state index in [1.54, 1.807) is 0 Å². The largest absolute Gasteiger partial charge is 0.692 e. The first kappa shape index (κ1) is 19.2. The molecule has 0 aromatic heterocycles. The molecule has 0 saturated carbocycles. The lowest BCUT2D eigenvalue weighted by Gasteiger charge is -2.19. The normalized spacial score (nSPS) is 11.1. The Kier molecular flexibility index (Phi) is 12.3. The van der Waals surface area contributed by atoms with Crippen LogP contribution in [0.1, 0.15) is 52.4 Å². The molecule has 104 valence electrons. The van der Waals surface area contributed by atoms with Crippen molar-refractivity contribution in [1.29, 1.82) is 0 Å². The highest BCUT2D eigenvalue weighted by Crippen LogP contribution is 2.33. The minimum absolute atomic E-state index is 0.306. The van der Waals surface area contributed by atoms with E-state index >= 15 is 0 Å². The molecule has 17 heavy (non-hydrogen) atoms. The van der Waals surface area contributed by atoms with Crippen molar-refractivity contribution in [3.63, 3.8) is 0 Å². The highest BCUT2D eigenvalue weighted by molar-refractivity contribution is 7.30. The Morgan fingerprint density at radius 1 is 1.06 bits per heavy atom. The second kappa shape index (κ2) is 10.9. The molecule has 0 unspecified atom stereocenters. The molecule has 0 amide bonds. The summed E-state index contributed by atoms with van der Waals surface area (Å²) in [5.41, 5.74) is 0. The van der Waals surface area contributed by atoms with Gasteiger partial charge in [-0.15, -0.1) is 9.79 Å². The van der Waals surface area contributed by atoms with Gasteiger partial charge in [-0.3, -0.25) is 0 Å². The maximum atomic E-state index is 12.4. The molecule has 0 aromatic rings. The van der Waals surface area contributed by atoms with E-state index in [-0.39, 0.29) is 0 Å². The molecular formula is C10H21F3O3P+. The number of rotatable bonds is 6. The molecule has 0 saturated heterocycles. The molecule has 2 N–H and O–H groups in total. The molecule has 0 rings (SSSR count). The topological polar surface area (TPSA) is 57.5 Å². The van der Waals surface area contributed by atoms with Crippen LogP contribution >= 0.6 is 8.25 Å². The van der Waals surface area contributed by atoms with E-state index in [0.29, 0.717) is 25.7 Å². The van der Waals surface area contributed by atoms with Crippen molar-refractivity contribution >= 4 is 8.25 Å². The molecule has 0 fully saturated rings. The number of halogens is 3. The summed E-state index contributed by atoms with van der Waals surface area (Å²) in [6, 6.07) is 0. The van der Waals surface area contributed by atoms with Gasteiger partial charge in [0.25, 0.3) is 0 Å². The van der Waals surface area contributed by atoms with Crippen LogP contribution in [-0.2, 0) is 4.57 Å². The zero-order valence-electron chi connectivity index (χ0n) is 10.2. The van der Waals surface area contributed by atoms with Crippen LogP contribution in [0.3, 0.4) is 0 Å². The van der Waals surface area contributed by atoms with Crippen LogP contribution in [0.4, 0.5) is 13.2 Å². The molecule has 0 aromatic carbocycles. The molecule has 0 radical (unpaired) electrons. The van der Waals surface area contributed by atoms with Crippen molar-refractivity contribution in [3.8, 4) is 0 Å². The molecular weight excluding hydrogens is 256 g/mol. The zero-order chi connectivity index (χ0) is 13.9. The standard InChI is InChI=1S/C10H19F3.HO3P/c1-3-5-7-9(8-6-4-2)10(11,12)13;1-4(2)3/h9H,3-8H2,1-2H3;(H-,1,2,3)/p+1. The Hall–Kier alpha value is -0.190. The zero-order valence-corrected chi connectivity index (χ0v) is 11.1. The molecule has 0 aliphatic rings. The third-order valence-corrected chi connectivity index (χ3v) is 2.28. The van der Waals surface area contributed by atoms with Crippen molar-refractivity contribution in [3.05, 3.63) is 0 Å². The van der Waals surface area contributed by atoms with Crippen LogP contribution < -0.4 is 0 Å². The number of hydrogen-bond acceptors (Lipinski definition) is 1. The Morgan fingerprint density at radius 3 is 1.53 bits per heavy atom. The smallest absolute Gasteiger partial charge is 0.171 e. The van der Waals surface area contributed by atoms with E-state index < -0.39 is 20.3 Å². The Bertz CT molecular complexity index is 186. The van der Waals surface area contributed by atoms with E-state index in [1.165, 1.54) is 0 Å². The van der Waals surface area contributed by atoms with Gasteiger partial charge in [0.15, 0.2) is 0 Å². The van der Waals surface area contributed by atoms with E-state index in [0.717, 1.165) is 12.8 Å². The summed E-state index contributed by atoms with van der Waals surface area (Å²) >= 11 is 0. The number of hydrogen-bond donors (Lipinski definition) is 2. The second-order valence-corrected chi connectivity index (χ2v) is 4.28. The molecule has 0 aliphatic carbocycles. The van der Waals surface area contributed by atoms with Gasteiger partial charge in [-0.25, -0.2) is 0 Å². The van der Waals surface area contributed by atoms with Crippen LogP contribution in [-0.4, -0.2) is 16.0 Å². The summed E-state index contributed by atoms with van der Waals surface area (Å²) in [4.78, 5) is 14.2. The highest BCUT2D eigenvalue weighted by Gasteiger charge is 2.37. The summed E-state index contributed by atoms with van der Waals surface area (Å²) in [5.74, 6) is -1.06. The Morgan fingerprint density at radius 2 is 1.35 bits per heavy atom. The Labute approximate surface area is 101 Å². The van der Waals surface area contributed by atoms with Gasteiger partial charge >= 0.3 is 14.4 Å². The lowest BCUT2D eigenvalue weighted by molar-refractivity contribution is -0.178. The maximum Gasteiger partial charge on any atom is 0.692 e. The van der Waals surface area contributed by atoms with Gasteiger partial charge < -0.3 is 0 Å². The fourth-order valence-corrected chi connectivity index (χ4v) is 1.37. The van der Waals surface area contributed by atoms with E-state index in [9.17, 15) is 13.2 Å². The van der Waals surface area contributed by atoms with Crippen molar-refractivity contribution in [2.75, 3.05) is 0 Å². The lowest BCUT2D eigenvalue weighted by Crippen LogP contribution is -2.22. The third-order valence-electron chi connectivity index (χ3n) is 2.28. The summed E-state index contributed by atoms with van der Waals surface area (Å²) in [6.45, 7) is 3.85. The molecule has 0 atom stereocenters. The Balaban J connectivity index is 0. The van der Waals surface area contributed by atoms with Gasteiger partial charge in [-0.2, -0.15) is 13.2 Å². The predicted octanol–water partition coefficient (Wildman–Crippen LogP) is 4.17. The van der Waals surface area contributed by atoms with Crippen LogP contribution in [0.5, 0.6) is 0 Å².